The molecular weight excluding hydrogens is 275 g/mol. The van der Waals surface area contributed by atoms with Crippen LogP contribution in [0.2, 0.25) is 0 Å². The molecule has 1 rings (SSSR count). The van der Waals surface area contributed by atoms with E-state index < -0.39 is 25.2 Å². The third-order valence-corrected chi connectivity index (χ3v) is 2.63. The Balaban J connectivity index is 2.99. The fourth-order valence-electron chi connectivity index (χ4n) is 1.89. The lowest BCUT2D eigenvalue weighted by Crippen LogP contribution is -2.41. The molecule has 0 unspecified atom stereocenters. The summed E-state index contributed by atoms with van der Waals surface area (Å²) in [4.78, 5) is 12.7. The Hall–Kier alpha value is -1.70. The maximum absolute atomic E-state index is 12.5. The lowest BCUT2D eigenvalue weighted by atomic mass is 10.3. The van der Waals surface area contributed by atoms with Crippen molar-refractivity contribution in [3.63, 3.8) is 0 Å². The Labute approximate surface area is 114 Å². The molecule has 0 saturated heterocycles. The molecule has 5 nitrogen and oxygen atoms in total. The van der Waals surface area contributed by atoms with Gasteiger partial charge >= 0.3 is 6.18 Å². The molecule has 114 valence electrons. The fraction of sp³-hybridized carbons (Fsp3) is 0.583. The highest BCUT2D eigenvalue weighted by Gasteiger charge is 2.33. The number of nitrogens with zero attached hydrogens (tertiary/aromatic N) is 2. The second kappa shape index (κ2) is 6.65. The molecule has 0 saturated carbocycles. The predicted molar refractivity (Wildman–Crippen MR) is 68.2 cm³/mol. The second-order valence-corrected chi connectivity index (χ2v) is 4.42. The van der Waals surface area contributed by atoms with E-state index in [1.54, 1.807) is 0 Å². The van der Waals surface area contributed by atoms with Crippen LogP contribution in [0.3, 0.4) is 0 Å². The van der Waals surface area contributed by atoms with Crippen LogP contribution in [0.5, 0.6) is 0 Å². The molecule has 0 spiro atoms. The van der Waals surface area contributed by atoms with Crippen molar-refractivity contribution in [2.45, 2.75) is 26.1 Å². The lowest BCUT2D eigenvalue weighted by molar-refractivity contribution is -0.141. The first kappa shape index (κ1) is 16.4. The smallest absolute Gasteiger partial charge is 0.397 e. The summed E-state index contributed by atoms with van der Waals surface area (Å²) in [6.07, 6.45) is -2.28. The molecule has 1 heterocycles. The highest BCUT2D eigenvalue weighted by atomic mass is 19.4. The van der Waals surface area contributed by atoms with Crippen molar-refractivity contribution in [2.75, 3.05) is 25.4 Å². The van der Waals surface area contributed by atoms with Crippen LogP contribution in [0.1, 0.15) is 23.8 Å². The second-order valence-electron chi connectivity index (χ2n) is 4.42. The molecule has 8 heteroatoms. The van der Waals surface area contributed by atoms with Gasteiger partial charge in [0.15, 0.2) is 0 Å². The van der Waals surface area contributed by atoms with Crippen LogP contribution >= 0.6 is 0 Å². The van der Waals surface area contributed by atoms with E-state index in [2.05, 4.69) is 0 Å². The normalized spacial score (nSPS) is 11.7. The number of nitrogen functional groups attached to an aromatic ring is 1. The zero-order chi connectivity index (χ0) is 15.3. The van der Waals surface area contributed by atoms with E-state index >= 15 is 0 Å². The first-order chi connectivity index (χ1) is 9.28. The summed E-state index contributed by atoms with van der Waals surface area (Å²) < 4.78 is 38.9. The number of alkyl halides is 3. The minimum absolute atomic E-state index is 0.0991. The van der Waals surface area contributed by atoms with Gasteiger partial charge in [0.1, 0.15) is 12.2 Å². The van der Waals surface area contributed by atoms with Crippen molar-refractivity contribution in [1.82, 2.24) is 9.47 Å². The Morgan fingerprint density at radius 3 is 2.65 bits per heavy atom. The maximum atomic E-state index is 12.5. The van der Waals surface area contributed by atoms with Gasteiger partial charge in [0.25, 0.3) is 5.91 Å². The number of anilines is 1. The molecule has 1 aromatic heterocycles. The van der Waals surface area contributed by atoms with Gasteiger partial charge in [-0.05, 0) is 12.5 Å². The van der Waals surface area contributed by atoms with E-state index in [-0.39, 0.29) is 12.2 Å². The zero-order valence-electron chi connectivity index (χ0n) is 11.2. The molecular formula is C12H18F3N3O2. The van der Waals surface area contributed by atoms with Crippen molar-refractivity contribution < 1.29 is 23.1 Å². The summed E-state index contributed by atoms with van der Waals surface area (Å²) in [5.74, 6) is -0.790. The predicted octanol–water partition coefficient (Wildman–Crippen LogP) is 1.48. The van der Waals surface area contributed by atoms with E-state index in [1.807, 2.05) is 6.92 Å². The topological polar surface area (TPSA) is 71.5 Å². The molecule has 0 aliphatic heterocycles. The maximum Gasteiger partial charge on any atom is 0.406 e. The third kappa shape index (κ3) is 4.44. The number of carbonyl (C=O) groups is 1. The molecule has 0 atom stereocenters. The van der Waals surface area contributed by atoms with Crippen LogP contribution < -0.4 is 5.73 Å². The van der Waals surface area contributed by atoms with Gasteiger partial charge in [-0.2, -0.15) is 13.2 Å². The van der Waals surface area contributed by atoms with Crippen LogP contribution in [-0.4, -0.2) is 46.4 Å². The van der Waals surface area contributed by atoms with E-state index in [4.69, 9.17) is 10.8 Å². The van der Waals surface area contributed by atoms with Gasteiger partial charge in [-0.3, -0.25) is 4.79 Å². The number of hydrogen-bond donors (Lipinski definition) is 2. The van der Waals surface area contributed by atoms with Crippen LogP contribution in [-0.2, 0) is 6.54 Å². The minimum Gasteiger partial charge on any atom is -0.397 e. The van der Waals surface area contributed by atoms with Gasteiger partial charge in [-0.1, -0.05) is 6.92 Å². The lowest BCUT2D eigenvalue weighted by Gasteiger charge is -2.23. The van der Waals surface area contributed by atoms with Crippen LogP contribution in [0.4, 0.5) is 18.9 Å². The number of aryl methyl sites for hydroxylation is 1. The summed E-state index contributed by atoms with van der Waals surface area (Å²) in [7, 11) is 0. The number of aliphatic hydroxyl groups is 1. The Kier molecular flexibility index (Phi) is 5.43. The first-order valence-corrected chi connectivity index (χ1v) is 6.21. The average Bonchev–Trinajstić information content (AvgIpc) is 2.68. The number of aromatic nitrogens is 1. The van der Waals surface area contributed by atoms with Gasteiger partial charge in [-0.25, -0.2) is 0 Å². The number of rotatable bonds is 6. The first-order valence-electron chi connectivity index (χ1n) is 6.21. The van der Waals surface area contributed by atoms with Crippen molar-refractivity contribution in [2.24, 2.45) is 0 Å². The van der Waals surface area contributed by atoms with E-state index in [9.17, 15) is 18.0 Å². The number of amides is 1. The number of nitrogens with two attached hydrogens (primary N) is 1. The monoisotopic (exact) mass is 293 g/mol. The zero-order valence-corrected chi connectivity index (χ0v) is 11.2. The third-order valence-electron chi connectivity index (χ3n) is 2.63. The fourth-order valence-corrected chi connectivity index (χ4v) is 1.89. The van der Waals surface area contributed by atoms with Gasteiger partial charge < -0.3 is 20.3 Å². The molecule has 3 N–H and O–H groups in total. The quantitative estimate of drug-likeness (QED) is 0.834. The molecule has 20 heavy (non-hydrogen) atoms. The summed E-state index contributed by atoms with van der Waals surface area (Å²) >= 11 is 0. The van der Waals surface area contributed by atoms with Crippen LogP contribution in [0.25, 0.3) is 0 Å². The number of halogens is 3. The van der Waals surface area contributed by atoms with E-state index in [1.165, 1.54) is 16.8 Å². The number of hydrogen-bond acceptors (Lipinski definition) is 3. The van der Waals surface area contributed by atoms with E-state index in [0.29, 0.717) is 23.6 Å². The van der Waals surface area contributed by atoms with Gasteiger partial charge in [0, 0.05) is 19.3 Å². The van der Waals surface area contributed by atoms with Gasteiger partial charge in [0.05, 0.1) is 12.3 Å². The molecule has 0 aromatic carbocycles. The summed E-state index contributed by atoms with van der Waals surface area (Å²) in [5, 5.41) is 8.81. The highest BCUT2D eigenvalue weighted by Crippen LogP contribution is 2.19. The van der Waals surface area contributed by atoms with Crippen LogP contribution in [0, 0.1) is 0 Å². The summed E-state index contributed by atoms with van der Waals surface area (Å²) in [6, 6.07) is 1.35. The summed E-state index contributed by atoms with van der Waals surface area (Å²) in [5.41, 5.74) is 6.00. The van der Waals surface area contributed by atoms with Crippen molar-refractivity contribution in [1.29, 1.82) is 0 Å². The van der Waals surface area contributed by atoms with Crippen molar-refractivity contribution in [3.05, 3.63) is 18.0 Å². The molecule has 1 aromatic rings. The standard InChI is InChI=1S/C12H18F3N3O2/c1-2-3-17-7-9(16)6-10(17)11(20)18(4-5-19)8-12(13,14)15/h6-7,19H,2-5,8,16H2,1H3. The minimum atomic E-state index is -4.52. The van der Waals surface area contributed by atoms with Crippen molar-refractivity contribution in [3.8, 4) is 0 Å². The molecule has 0 aliphatic carbocycles. The SMILES string of the molecule is CCCn1cc(N)cc1C(=O)N(CCO)CC(F)(F)F. The largest absolute Gasteiger partial charge is 0.406 e. The number of aliphatic hydroxyl groups excluding tert-OH is 1. The average molecular weight is 293 g/mol. The molecule has 0 fully saturated rings. The molecule has 1 amide bonds. The molecule has 0 radical (unpaired) electrons. The highest BCUT2D eigenvalue weighted by molar-refractivity contribution is 5.93. The van der Waals surface area contributed by atoms with Gasteiger partial charge in [-0.15, -0.1) is 0 Å². The Bertz CT molecular complexity index is 457. The van der Waals surface area contributed by atoms with Crippen LogP contribution in [0.15, 0.2) is 12.3 Å². The Morgan fingerprint density at radius 1 is 1.50 bits per heavy atom. The molecule has 0 bridgehead atoms. The number of carbonyl (C=O) groups excluding carboxylic acids is 1. The molecule has 0 aliphatic rings. The van der Waals surface area contributed by atoms with Crippen molar-refractivity contribution >= 4 is 11.6 Å². The Morgan fingerprint density at radius 2 is 2.15 bits per heavy atom. The van der Waals surface area contributed by atoms with Gasteiger partial charge in [0.2, 0.25) is 0 Å². The van der Waals surface area contributed by atoms with E-state index in [0.717, 1.165) is 0 Å². The summed E-state index contributed by atoms with van der Waals surface area (Å²) in [6.45, 7) is 0.0495.